The number of hydrogen-bond donors (Lipinski definition) is 1. The van der Waals surface area contributed by atoms with Crippen LogP contribution in [-0.2, 0) is 4.74 Å². The first-order valence-electron chi connectivity index (χ1n) is 8.38. The molecule has 0 aromatic heterocycles. The van der Waals surface area contributed by atoms with Crippen molar-refractivity contribution in [3.8, 4) is 0 Å². The Hall–Kier alpha value is -0.900. The average molecular weight is 292 g/mol. The van der Waals surface area contributed by atoms with Crippen molar-refractivity contribution in [3.63, 3.8) is 0 Å². The van der Waals surface area contributed by atoms with E-state index in [0.717, 1.165) is 39.3 Å². The Kier molecular flexibility index (Phi) is 9.31. The van der Waals surface area contributed by atoms with Gasteiger partial charge in [0.2, 0.25) is 0 Å². The summed E-state index contributed by atoms with van der Waals surface area (Å²) in [7, 11) is 0. The van der Waals surface area contributed by atoms with Crippen molar-refractivity contribution in [1.29, 1.82) is 0 Å². The largest absolute Gasteiger partial charge is 0.380 e. The number of rotatable bonds is 11. The number of nitrogens with one attached hydrogen (secondary N) is 1. The summed E-state index contributed by atoms with van der Waals surface area (Å²) < 4.78 is 5.54. The molecule has 1 aromatic carbocycles. The summed E-state index contributed by atoms with van der Waals surface area (Å²) in [6.45, 7) is 13.4. The Balaban J connectivity index is 2.84. The van der Waals surface area contributed by atoms with Gasteiger partial charge in [-0.3, -0.25) is 4.90 Å². The molecule has 3 heteroatoms. The zero-order valence-corrected chi connectivity index (χ0v) is 14.1. The van der Waals surface area contributed by atoms with Crippen molar-refractivity contribution in [2.75, 3.05) is 32.8 Å². The monoisotopic (exact) mass is 292 g/mol. The van der Waals surface area contributed by atoms with Crippen LogP contribution in [0.15, 0.2) is 30.3 Å². The van der Waals surface area contributed by atoms with Gasteiger partial charge in [-0.25, -0.2) is 0 Å². The van der Waals surface area contributed by atoms with Gasteiger partial charge in [-0.2, -0.15) is 0 Å². The number of hydrogen-bond acceptors (Lipinski definition) is 3. The summed E-state index contributed by atoms with van der Waals surface area (Å²) in [5, 5.41) is 3.67. The second-order valence-electron chi connectivity index (χ2n) is 5.25. The van der Waals surface area contributed by atoms with Crippen molar-refractivity contribution in [2.45, 2.75) is 46.2 Å². The van der Waals surface area contributed by atoms with Crippen LogP contribution in [-0.4, -0.2) is 43.8 Å². The molecule has 0 spiro atoms. The molecule has 2 atom stereocenters. The Labute approximate surface area is 130 Å². The van der Waals surface area contributed by atoms with Crippen molar-refractivity contribution in [3.05, 3.63) is 35.9 Å². The van der Waals surface area contributed by atoms with Gasteiger partial charge in [-0.1, -0.05) is 51.1 Å². The fraction of sp³-hybridized carbons (Fsp3) is 0.667. The van der Waals surface area contributed by atoms with Crippen LogP contribution in [0.5, 0.6) is 0 Å². The first kappa shape index (κ1) is 18.1. The molecule has 1 N–H and O–H groups in total. The predicted molar refractivity (Wildman–Crippen MR) is 90.7 cm³/mol. The van der Waals surface area contributed by atoms with Gasteiger partial charge in [-0.15, -0.1) is 0 Å². The minimum Gasteiger partial charge on any atom is -0.380 e. The maximum Gasteiger partial charge on any atom is 0.0593 e. The Bertz CT molecular complexity index is 355. The molecule has 3 nitrogen and oxygen atoms in total. The lowest BCUT2D eigenvalue weighted by Crippen LogP contribution is -2.45. The molecule has 0 aliphatic carbocycles. The van der Waals surface area contributed by atoms with Gasteiger partial charge in [0.05, 0.1) is 6.61 Å². The lowest BCUT2D eigenvalue weighted by atomic mass is 9.95. The normalized spacial score (nSPS) is 14.3. The van der Waals surface area contributed by atoms with Gasteiger partial charge in [0.15, 0.2) is 0 Å². The van der Waals surface area contributed by atoms with Crippen LogP contribution in [0, 0.1) is 0 Å². The number of ether oxygens (including phenoxy) is 1. The maximum absolute atomic E-state index is 5.54. The fourth-order valence-electron chi connectivity index (χ4n) is 2.95. The van der Waals surface area contributed by atoms with E-state index < -0.39 is 0 Å². The molecular formula is C18H32N2O. The smallest absolute Gasteiger partial charge is 0.0593 e. The third-order valence-corrected chi connectivity index (χ3v) is 3.99. The summed E-state index contributed by atoms with van der Waals surface area (Å²) in [6, 6.07) is 11.7. The zero-order valence-electron chi connectivity index (χ0n) is 14.1. The van der Waals surface area contributed by atoms with Crippen molar-refractivity contribution >= 4 is 0 Å². The second kappa shape index (κ2) is 10.8. The molecule has 1 rings (SSSR count). The van der Waals surface area contributed by atoms with E-state index >= 15 is 0 Å². The van der Waals surface area contributed by atoms with Gasteiger partial charge < -0.3 is 10.1 Å². The van der Waals surface area contributed by atoms with Crippen LogP contribution in [0.2, 0.25) is 0 Å². The third-order valence-electron chi connectivity index (χ3n) is 3.99. The van der Waals surface area contributed by atoms with Crippen LogP contribution < -0.4 is 5.32 Å². The quantitative estimate of drug-likeness (QED) is 0.632. The van der Waals surface area contributed by atoms with Crippen LogP contribution in [0.1, 0.15) is 45.7 Å². The molecule has 21 heavy (non-hydrogen) atoms. The van der Waals surface area contributed by atoms with Crippen LogP contribution >= 0.6 is 0 Å². The second-order valence-corrected chi connectivity index (χ2v) is 5.25. The average Bonchev–Trinajstić information content (AvgIpc) is 2.54. The van der Waals surface area contributed by atoms with Crippen molar-refractivity contribution in [1.82, 2.24) is 10.2 Å². The first-order chi connectivity index (χ1) is 10.3. The highest BCUT2D eigenvalue weighted by atomic mass is 16.5. The SMILES string of the molecule is CCNC(c1ccccc1)C(CC)N(CC)CCOCC. The van der Waals surface area contributed by atoms with Crippen LogP contribution in [0.25, 0.3) is 0 Å². The minimum absolute atomic E-state index is 0.378. The molecule has 0 amide bonds. The minimum atomic E-state index is 0.378. The van der Waals surface area contributed by atoms with Gasteiger partial charge >= 0.3 is 0 Å². The highest BCUT2D eigenvalue weighted by Crippen LogP contribution is 2.23. The zero-order chi connectivity index (χ0) is 15.5. The van der Waals surface area contributed by atoms with E-state index in [2.05, 4.69) is 68.2 Å². The standard InChI is InChI=1S/C18H32N2O/c1-5-17(20(7-3)14-15-21-8-4)18(19-6-2)16-12-10-9-11-13-16/h9-13,17-19H,5-8,14-15H2,1-4H3. The lowest BCUT2D eigenvalue weighted by Gasteiger charge is -2.36. The van der Waals surface area contributed by atoms with Crippen molar-refractivity contribution < 1.29 is 4.74 Å². The van der Waals surface area contributed by atoms with Crippen molar-refractivity contribution in [2.24, 2.45) is 0 Å². The molecule has 0 radical (unpaired) electrons. The highest BCUT2D eigenvalue weighted by Gasteiger charge is 2.25. The maximum atomic E-state index is 5.54. The number of benzene rings is 1. The third kappa shape index (κ3) is 5.77. The molecule has 0 heterocycles. The van der Waals surface area contributed by atoms with E-state index in [1.807, 2.05) is 0 Å². The lowest BCUT2D eigenvalue weighted by molar-refractivity contribution is 0.0835. The van der Waals surface area contributed by atoms with Gasteiger partial charge in [-0.05, 0) is 32.0 Å². The molecule has 0 bridgehead atoms. The molecule has 2 unspecified atom stereocenters. The summed E-state index contributed by atoms with van der Waals surface area (Å²) in [6.07, 6.45) is 1.13. The van der Waals surface area contributed by atoms with E-state index in [-0.39, 0.29) is 0 Å². The molecule has 0 saturated heterocycles. The Morgan fingerprint density at radius 2 is 1.81 bits per heavy atom. The first-order valence-corrected chi connectivity index (χ1v) is 8.38. The highest BCUT2D eigenvalue weighted by molar-refractivity contribution is 5.20. The summed E-state index contributed by atoms with van der Waals surface area (Å²) in [4.78, 5) is 2.54. The van der Waals surface area contributed by atoms with E-state index in [1.165, 1.54) is 5.56 Å². The molecule has 1 aromatic rings. The topological polar surface area (TPSA) is 24.5 Å². The van der Waals surface area contributed by atoms with Crippen LogP contribution in [0.3, 0.4) is 0 Å². The molecule has 0 aliphatic rings. The number of nitrogens with zero attached hydrogens (tertiary/aromatic N) is 1. The fourth-order valence-corrected chi connectivity index (χ4v) is 2.95. The van der Waals surface area contributed by atoms with Crippen LogP contribution in [0.4, 0.5) is 0 Å². The molecule has 0 fully saturated rings. The van der Waals surface area contributed by atoms with E-state index in [9.17, 15) is 0 Å². The molecule has 0 saturated carbocycles. The molecule has 120 valence electrons. The van der Waals surface area contributed by atoms with Gasteiger partial charge in [0, 0.05) is 25.2 Å². The van der Waals surface area contributed by atoms with Gasteiger partial charge in [0.1, 0.15) is 0 Å². The predicted octanol–water partition coefficient (Wildman–Crippen LogP) is 3.47. The Morgan fingerprint density at radius 3 is 2.33 bits per heavy atom. The number of likely N-dealkylation sites (N-methyl/N-ethyl adjacent to an activating group) is 2. The summed E-state index contributed by atoms with van der Waals surface area (Å²) >= 11 is 0. The molecule has 0 aliphatic heterocycles. The van der Waals surface area contributed by atoms with Gasteiger partial charge in [0.25, 0.3) is 0 Å². The van der Waals surface area contributed by atoms with E-state index in [1.54, 1.807) is 0 Å². The summed E-state index contributed by atoms with van der Waals surface area (Å²) in [5.74, 6) is 0. The van der Waals surface area contributed by atoms with E-state index in [4.69, 9.17) is 4.74 Å². The Morgan fingerprint density at radius 1 is 1.10 bits per heavy atom. The van der Waals surface area contributed by atoms with E-state index in [0.29, 0.717) is 12.1 Å². The molecular weight excluding hydrogens is 260 g/mol. The summed E-state index contributed by atoms with van der Waals surface area (Å²) in [5.41, 5.74) is 1.38.